The van der Waals surface area contributed by atoms with Crippen molar-refractivity contribution in [2.75, 3.05) is 13.2 Å². The molecule has 0 spiro atoms. The summed E-state index contributed by atoms with van der Waals surface area (Å²) in [5, 5.41) is 0. The number of rotatable bonds is 8. The minimum atomic E-state index is 0.685. The first-order chi connectivity index (χ1) is 15.7. The van der Waals surface area contributed by atoms with Gasteiger partial charge < -0.3 is 9.47 Å². The molecule has 32 heavy (non-hydrogen) atoms. The summed E-state index contributed by atoms with van der Waals surface area (Å²) in [4.78, 5) is 0. The summed E-state index contributed by atoms with van der Waals surface area (Å²) in [5.74, 6) is 1.81. The van der Waals surface area contributed by atoms with Crippen molar-refractivity contribution in [3.8, 4) is 33.8 Å². The van der Waals surface area contributed by atoms with Gasteiger partial charge in [0.25, 0.3) is 0 Å². The van der Waals surface area contributed by atoms with Crippen LogP contribution < -0.4 is 9.47 Å². The van der Waals surface area contributed by atoms with Gasteiger partial charge in [-0.15, -0.1) is 0 Å². The lowest BCUT2D eigenvalue weighted by atomic mass is 10.0. The Bertz CT molecular complexity index is 1040. The van der Waals surface area contributed by atoms with E-state index in [1.807, 2.05) is 38.1 Å². The zero-order chi connectivity index (χ0) is 22.2. The van der Waals surface area contributed by atoms with Crippen molar-refractivity contribution in [1.29, 1.82) is 0 Å². The molecular formula is C30H28O2. The van der Waals surface area contributed by atoms with Crippen LogP contribution in [0, 0.1) is 0 Å². The summed E-state index contributed by atoms with van der Waals surface area (Å²) in [7, 11) is 0. The maximum atomic E-state index is 5.52. The average Bonchev–Trinajstić information content (AvgIpc) is 2.85. The van der Waals surface area contributed by atoms with Gasteiger partial charge in [0, 0.05) is 0 Å². The molecule has 4 aromatic carbocycles. The van der Waals surface area contributed by atoms with Crippen LogP contribution in [0.4, 0.5) is 0 Å². The summed E-state index contributed by atoms with van der Waals surface area (Å²) in [5.41, 5.74) is 7.13. The number of hydrogen-bond donors (Lipinski definition) is 0. The molecule has 0 aliphatic rings. The van der Waals surface area contributed by atoms with E-state index < -0.39 is 0 Å². The van der Waals surface area contributed by atoms with E-state index >= 15 is 0 Å². The second-order valence-corrected chi connectivity index (χ2v) is 7.49. The van der Waals surface area contributed by atoms with Crippen molar-refractivity contribution < 1.29 is 9.47 Å². The van der Waals surface area contributed by atoms with Crippen LogP contribution in [-0.2, 0) is 0 Å². The first-order valence-corrected chi connectivity index (χ1v) is 11.1. The van der Waals surface area contributed by atoms with Gasteiger partial charge in [-0.25, -0.2) is 0 Å². The highest BCUT2D eigenvalue weighted by atomic mass is 16.5. The molecule has 0 saturated carbocycles. The molecule has 0 unspecified atom stereocenters. The zero-order valence-electron chi connectivity index (χ0n) is 18.6. The number of ether oxygens (including phenoxy) is 2. The Hall–Kier alpha value is -3.78. The van der Waals surface area contributed by atoms with Crippen molar-refractivity contribution in [3.63, 3.8) is 0 Å². The highest BCUT2D eigenvalue weighted by molar-refractivity contribution is 5.74. The van der Waals surface area contributed by atoms with Gasteiger partial charge in [-0.3, -0.25) is 0 Å². The fourth-order valence-electron chi connectivity index (χ4n) is 3.59. The molecule has 2 nitrogen and oxygen atoms in total. The van der Waals surface area contributed by atoms with Gasteiger partial charge in [0.1, 0.15) is 11.5 Å². The van der Waals surface area contributed by atoms with Gasteiger partial charge >= 0.3 is 0 Å². The largest absolute Gasteiger partial charge is 0.494 e. The number of benzene rings is 4. The third-order valence-electron chi connectivity index (χ3n) is 5.29. The van der Waals surface area contributed by atoms with Gasteiger partial charge in [0.05, 0.1) is 13.2 Å². The van der Waals surface area contributed by atoms with E-state index in [1.54, 1.807) is 0 Å². The molecule has 0 aliphatic heterocycles. The summed E-state index contributed by atoms with van der Waals surface area (Å²) in [6.45, 7) is 5.36. The van der Waals surface area contributed by atoms with Gasteiger partial charge in [0.15, 0.2) is 0 Å². The normalized spacial score (nSPS) is 10.9. The third kappa shape index (κ3) is 5.47. The van der Waals surface area contributed by atoms with Crippen molar-refractivity contribution in [2.24, 2.45) is 0 Å². The van der Waals surface area contributed by atoms with Crippen LogP contribution in [0.5, 0.6) is 11.5 Å². The quantitative estimate of drug-likeness (QED) is 0.269. The van der Waals surface area contributed by atoms with E-state index in [4.69, 9.17) is 9.47 Å². The lowest BCUT2D eigenvalue weighted by Crippen LogP contribution is -1.90. The summed E-state index contributed by atoms with van der Waals surface area (Å²) < 4.78 is 11.0. The fraction of sp³-hybridized carbons (Fsp3) is 0.133. The molecule has 0 amide bonds. The molecule has 4 rings (SSSR count). The van der Waals surface area contributed by atoms with E-state index in [1.165, 1.54) is 33.4 Å². The highest BCUT2D eigenvalue weighted by Crippen LogP contribution is 2.25. The topological polar surface area (TPSA) is 18.5 Å². The Kier molecular flexibility index (Phi) is 7.04. The van der Waals surface area contributed by atoms with Crippen LogP contribution in [0.1, 0.15) is 25.0 Å². The van der Waals surface area contributed by atoms with Crippen LogP contribution in [-0.4, -0.2) is 13.2 Å². The third-order valence-corrected chi connectivity index (χ3v) is 5.29. The van der Waals surface area contributed by atoms with E-state index in [2.05, 4.69) is 84.9 Å². The van der Waals surface area contributed by atoms with Crippen LogP contribution in [0.25, 0.3) is 34.4 Å². The van der Waals surface area contributed by atoms with E-state index in [0.29, 0.717) is 13.2 Å². The lowest BCUT2D eigenvalue weighted by Gasteiger charge is -2.06. The summed E-state index contributed by atoms with van der Waals surface area (Å²) >= 11 is 0. The molecule has 0 bridgehead atoms. The predicted octanol–water partition coefficient (Wildman–Crippen LogP) is 7.99. The molecule has 0 aliphatic carbocycles. The minimum absolute atomic E-state index is 0.685. The van der Waals surface area contributed by atoms with Crippen molar-refractivity contribution in [2.45, 2.75) is 13.8 Å². The van der Waals surface area contributed by atoms with Crippen LogP contribution in [0.3, 0.4) is 0 Å². The lowest BCUT2D eigenvalue weighted by molar-refractivity contribution is 0.340. The monoisotopic (exact) mass is 420 g/mol. The SMILES string of the molecule is CCOc1ccc(-c2ccc(/C=C/c3ccc(-c4ccc(OCC)cc4)cc3)cc2)cc1. The molecule has 0 saturated heterocycles. The molecule has 0 radical (unpaired) electrons. The maximum absolute atomic E-state index is 5.52. The Morgan fingerprint density at radius 1 is 0.438 bits per heavy atom. The first kappa shape index (κ1) is 21.5. The predicted molar refractivity (Wildman–Crippen MR) is 135 cm³/mol. The number of hydrogen-bond acceptors (Lipinski definition) is 2. The van der Waals surface area contributed by atoms with Crippen molar-refractivity contribution in [3.05, 3.63) is 108 Å². The second kappa shape index (κ2) is 10.5. The first-order valence-electron chi connectivity index (χ1n) is 11.1. The van der Waals surface area contributed by atoms with E-state index in [9.17, 15) is 0 Å². The van der Waals surface area contributed by atoms with Crippen molar-refractivity contribution >= 4 is 12.2 Å². The molecule has 4 aromatic rings. The average molecular weight is 421 g/mol. The van der Waals surface area contributed by atoms with Gasteiger partial charge in [0.2, 0.25) is 0 Å². The molecule has 0 fully saturated rings. The van der Waals surface area contributed by atoms with E-state index in [0.717, 1.165) is 11.5 Å². The molecule has 160 valence electrons. The summed E-state index contributed by atoms with van der Waals surface area (Å²) in [6, 6.07) is 33.7. The Labute approximate surface area is 190 Å². The molecular weight excluding hydrogens is 392 g/mol. The highest BCUT2D eigenvalue weighted by Gasteiger charge is 2.00. The standard InChI is InChI=1S/C30H28O2/c1-3-31-29-19-15-27(16-20-29)25-11-7-23(8-12-25)5-6-24-9-13-26(14-10-24)28-17-21-30(22-18-28)32-4-2/h5-22H,3-4H2,1-2H3/b6-5+. The molecule has 0 N–H and O–H groups in total. The van der Waals surface area contributed by atoms with E-state index in [-0.39, 0.29) is 0 Å². The molecule has 0 aromatic heterocycles. The van der Waals surface area contributed by atoms with Crippen LogP contribution >= 0.6 is 0 Å². The maximum Gasteiger partial charge on any atom is 0.119 e. The van der Waals surface area contributed by atoms with Crippen LogP contribution in [0.15, 0.2) is 97.1 Å². The van der Waals surface area contributed by atoms with Gasteiger partial charge in [-0.05, 0) is 71.5 Å². The molecule has 0 atom stereocenters. The Morgan fingerprint density at radius 2 is 0.719 bits per heavy atom. The van der Waals surface area contributed by atoms with Crippen molar-refractivity contribution in [1.82, 2.24) is 0 Å². The smallest absolute Gasteiger partial charge is 0.119 e. The van der Waals surface area contributed by atoms with Gasteiger partial charge in [-0.2, -0.15) is 0 Å². The molecule has 0 heterocycles. The van der Waals surface area contributed by atoms with Crippen LogP contribution in [0.2, 0.25) is 0 Å². The Morgan fingerprint density at radius 3 is 1.00 bits per heavy atom. The second-order valence-electron chi connectivity index (χ2n) is 7.49. The molecule has 2 heteroatoms. The zero-order valence-corrected chi connectivity index (χ0v) is 18.6. The Balaban J connectivity index is 1.40. The minimum Gasteiger partial charge on any atom is -0.494 e. The fourth-order valence-corrected chi connectivity index (χ4v) is 3.59. The summed E-state index contributed by atoms with van der Waals surface area (Å²) in [6.07, 6.45) is 4.29. The van der Waals surface area contributed by atoms with Gasteiger partial charge in [-0.1, -0.05) is 84.9 Å².